The molecule has 7 heteroatoms. The number of carbonyl (C=O) groups is 1. The van der Waals surface area contributed by atoms with Gasteiger partial charge < -0.3 is 16.0 Å². The molecule has 0 aliphatic rings. The maximum absolute atomic E-state index is 10.8. The Morgan fingerprint density at radius 1 is 1.25 bits per heavy atom. The molecule has 0 unspecified atom stereocenters. The molecule has 0 aromatic carbocycles. The predicted molar refractivity (Wildman–Crippen MR) is 81.8 cm³/mol. The molecule has 0 saturated carbocycles. The highest BCUT2D eigenvalue weighted by Gasteiger charge is 2.15. The van der Waals surface area contributed by atoms with Crippen molar-refractivity contribution in [3.63, 3.8) is 0 Å². The zero-order chi connectivity index (χ0) is 14.2. The van der Waals surface area contributed by atoms with Crippen molar-refractivity contribution in [1.29, 1.82) is 0 Å². The van der Waals surface area contributed by atoms with E-state index in [1.807, 2.05) is 20.8 Å². The molecule has 20 heavy (non-hydrogen) atoms. The lowest BCUT2D eigenvalue weighted by molar-refractivity contribution is -0.118. The average Bonchev–Trinajstić information content (AvgIpc) is 2.64. The zero-order valence-electron chi connectivity index (χ0n) is 11.9. The molecule has 1 amide bonds. The maximum atomic E-state index is 10.8. The van der Waals surface area contributed by atoms with Gasteiger partial charge in [0.1, 0.15) is 11.3 Å². The molecule has 0 atom stereocenters. The van der Waals surface area contributed by atoms with Crippen LogP contribution in [0.3, 0.4) is 0 Å². The largest absolute Gasteiger partial charge is 0.382 e. The van der Waals surface area contributed by atoms with E-state index in [0.29, 0.717) is 25.2 Å². The monoisotopic (exact) mass is 297 g/mol. The molecule has 0 aliphatic carbocycles. The Kier molecular flexibility index (Phi) is 4.94. The molecule has 2 aromatic heterocycles. The molecule has 2 rings (SSSR count). The van der Waals surface area contributed by atoms with Crippen molar-refractivity contribution >= 4 is 35.2 Å². The first-order valence-electron chi connectivity index (χ1n) is 6.29. The third kappa shape index (κ3) is 2.85. The number of fused-ring (bicyclic) bond motifs is 1. The van der Waals surface area contributed by atoms with E-state index in [0.717, 1.165) is 28.1 Å². The van der Waals surface area contributed by atoms with Crippen molar-refractivity contribution in [2.75, 3.05) is 5.73 Å². The Hall–Kier alpha value is -1.82. The van der Waals surface area contributed by atoms with Gasteiger partial charge >= 0.3 is 0 Å². The van der Waals surface area contributed by atoms with Crippen LogP contribution in [-0.2, 0) is 11.3 Å². The Morgan fingerprint density at radius 2 is 1.90 bits per heavy atom. The van der Waals surface area contributed by atoms with Gasteiger partial charge in [0.05, 0.1) is 5.52 Å². The van der Waals surface area contributed by atoms with E-state index in [2.05, 4.69) is 14.5 Å². The summed E-state index contributed by atoms with van der Waals surface area (Å²) < 4.78 is 2.08. The lowest BCUT2D eigenvalue weighted by atomic mass is 10.2. The Balaban J connectivity index is 0.00000200. The van der Waals surface area contributed by atoms with E-state index in [-0.39, 0.29) is 18.3 Å². The quantitative estimate of drug-likeness (QED) is 0.895. The van der Waals surface area contributed by atoms with Crippen LogP contribution in [0.15, 0.2) is 0 Å². The minimum absolute atomic E-state index is 0. The number of nitrogens with two attached hydrogens (primary N) is 2. The second kappa shape index (κ2) is 6.09. The molecule has 4 N–H and O–H groups in total. The normalized spacial score (nSPS) is 10.6. The summed E-state index contributed by atoms with van der Waals surface area (Å²) in [5, 5.41) is 0. The van der Waals surface area contributed by atoms with Crippen LogP contribution in [0.1, 0.15) is 29.9 Å². The number of aromatic nitrogens is 3. The number of rotatable bonds is 4. The van der Waals surface area contributed by atoms with Gasteiger partial charge in [0.25, 0.3) is 0 Å². The third-order valence-corrected chi connectivity index (χ3v) is 3.39. The van der Waals surface area contributed by atoms with Gasteiger partial charge in [0.2, 0.25) is 5.91 Å². The number of pyridine rings is 1. The highest BCUT2D eigenvalue weighted by Crippen LogP contribution is 2.25. The number of hydrogen-bond donors (Lipinski definition) is 2. The summed E-state index contributed by atoms with van der Waals surface area (Å²) in [7, 11) is 0. The molecule has 110 valence electrons. The minimum atomic E-state index is -0.281. The maximum Gasteiger partial charge on any atom is 0.217 e. The fraction of sp³-hybridized carbons (Fsp3) is 0.462. The molecule has 0 radical (unpaired) electrons. The minimum Gasteiger partial charge on any atom is -0.382 e. The highest BCUT2D eigenvalue weighted by atomic mass is 35.5. The summed E-state index contributed by atoms with van der Waals surface area (Å²) in [5.74, 6) is 1.05. The zero-order valence-corrected chi connectivity index (χ0v) is 12.8. The number of primary amides is 1. The number of imidazole rings is 1. The van der Waals surface area contributed by atoms with Crippen LogP contribution in [0.25, 0.3) is 11.0 Å². The number of nitrogens with zero attached hydrogens (tertiary/aromatic N) is 3. The number of hydrogen-bond acceptors (Lipinski definition) is 4. The fourth-order valence-electron chi connectivity index (χ4n) is 2.30. The van der Waals surface area contributed by atoms with E-state index in [1.54, 1.807) is 0 Å². The first-order valence-corrected chi connectivity index (χ1v) is 6.29. The molecule has 0 saturated heterocycles. The highest BCUT2D eigenvalue weighted by molar-refractivity contribution is 5.88. The second-order valence-corrected chi connectivity index (χ2v) is 4.79. The van der Waals surface area contributed by atoms with Gasteiger partial charge in [-0.25, -0.2) is 9.97 Å². The number of aryl methyl sites for hydroxylation is 4. The van der Waals surface area contributed by atoms with Crippen LogP contribution in [0.5, 0.6) is 0 Å². The topological polar surface area (TPSA) is 99.8 Å². The molecule has 0 fully saturated rings. The van der Waals surface area contributed by atoms with Crippen molar-refractivity contribution in [1.82, 2.24) is 14.5 Å². The Bertz CT molecular complexity index is 650. The first-order chi connectivity index (χ1) is 8.91. The summed E-state index contributed by atoms with van der Waals surface area (Å²) in [6, 6.07) is 0. The second-order valence-electron chi connectivity index (χ2n) is 4.79. The van der Waals surface area contributed by atoms with Gasteiger partial charge in [0, 0.05) is 18.7 Å². The van der Waals surface area contributed by atoms with Crippen LogP contribution in [-0.4, -0.2) is 20.4 Å². The summed E-state index contributed by atoms with van der Waals surface area (Å²) in [6.07, 6.45) is 1.07. The number of halogens is 1. The molecular formula is C13H20ClN5O. The van der Waals surface area contributed by atoms with Gasteiger partial charge in [-0.2, -0.15) is 0 Å². The van der Waals surface area contributed by atoms with Crippen molar-refractivity contribution in [2.24, 2.45) is 5.73 Å². The van der Waals surface area contributed by atoms with Crippen LogP contribution >= 0.6 is 12.4 Å². The summed E-state index contributed by atoms with van der Waals surface area (Å²) in [5.41, 5.74) is 14.8. The number of amides is 1. The average molecular weight is 298 g/mol. The molecule has 0 aliphatic heterocycles. The third-order valence-electron chi connectivity index (χ3n) is 3.39. The molecule has 2 aromatic rings. The molecular weight excluding hydrogens is 278 g/mol. The van der Waals surface area contributed by atoms with Crippen LogP contribution in [0, 0.1) is 20.8 Å². The predicted octanol–water partition coefficient (Wildman–Crippen LogP) is 1.63. The fourth-order valence-corrected chi connectivity index (χ4v) is 2.30. The smallest absolute Gasteiger partial charge is 0.217 e. The van der Waals surface area contributed by atoms with Gasteiger partial charge in [-0.05, 0) is 32.8 Å². The van der Waals surface area contributed by atoms with Gasteiger partial charge in [-0.3, -0.25) is 4.79 Å². The summed E-state index contributed by atoms with van der Waals surface area (Å²) in [6.45, 7) is 6.57. The van der Waals surface area contributed by atoms with Crippen molar-refractivity contribution < 1.29 is 4.79 Å². The molecule has 2 heterocycles. The summed E-state index contributed by atoms with van der Waals surface area (Å²) in [4.78, 5) is 19.6. The number of carbonyl (C=O) groups excluding carboxylic acids is 1. The van der Waals surface area contributed by atoms with Crippen molar-refractivity contribution in [2.45, 2.75) is 40.2 Å². The van der Waals surface area contributed by atoms with E-state index in [4.69, 9.17) is 11.5 Å². The lowest BCUT2D eigenvalue weighted by Gasteiger charge is -2.09. The Morgan fingerprint density at radius 3 is 2.50 bits per heavy atom. The molecule has 0 spiro atoms. The Labute approximate surface area is 124 Å². The van der Waals surface area contributed by atoms with E-state index >= 15 is 0 Å². The standard InChI is InChI=1S/C13H19N5O.ClH/c1-7-8(2)16-13(15)11-12(7)18(9(3)17-11)6-4-5-10(14)19;/h4-6H2,1-3H3,(H2,14,19)(H2,15,16);1H. The SMILES string of the molecule is Cc1nc(N)c2nc(C)n(CCCC(N)=O)c2c1C.Cl. The molecule has 0 bridgehead atoms. The molecule has 6 nitrogen and oxygen atoms in total. The van der Waals surface area contributed by atoms with Gasteiger partial charge in [-0.15, -0.1) is 12.4 Å². The number of nitrogen functional groups attached to an aromatic ring is 1. The van der Waals surface area contributed by atoms with Crippen LogP contribution in [0.4, 0.5) is 5.82 Å². The van der Waals surface area contributed by atoms with E-state index in [1.165, 1.54) is 0 Å². The van der Waals surface area contributed by atoms with Crippen molar-refractivity contribution in [3.05, 3.63) is 17.1 Å². The van der Waals surface area contributed by atoms with E-state index < -0.39 is 0 Å². The van der Waals surface area contributed by atoms with Crippen LogP contribution in [0.2, 0.25) is 0 Å². The number of anilines is 1. The van der Waals surface area contributed by atoms with Gasteiger partial charge in [-0.1, -0.05) is 0 Å². The van der Waals surface area contributed by atoms with Crippen LogP contribution < -0.4 is 11.5 Å². The van der Waals surface area contributed by atoms with Crippen molar-refractivity contribution in [3.8, 4) is 0 Å². The summed E-state index contributed by atoms with van der Waals surface area (Å²) >= 11 is 0. The first kappa shape index (κ1) is 16.2. The van der Waals surface area contributed by atoms with E-state index in [9.17, 15) is 4.79 Å². The van der Waals surface area contributed by atoms with Gasteiger partial charge in [0.15, 0.2) is 5.82 Å². The lowest BCUT2D eigenvalue weighted by Crippen LogP contribution is -2.12.